The molecule has 4 fully saturated rings. The van der Waals surface area contributed by atoms with Gasteiger partial charge in [0.2, 0.25) is 5.91 Å². The predicted octanol–water partition coefficient (Wildman–Crippen LogP) is 3.38. The van der Waals surface area contributed by atoms with Crippen LogP contribution in [-0.2, 0) is 10.3 Å². The first-order valence-electron chi connectivity index (χ1n) is 8.57. The average Bonchev–Trinajstić information content (AvgIpc) is 3.29. The molecule has 5 rings (SSSR count). The van der Waals surface area contributed by atoms with E-state index in [9.17, 15) is 4.79 Å². The van der Waals surface area contributed by atoms with Crippen LogP contribution < -0.4 is 10.1 Å². The maximum Gasteiger partial charge on any atom is 0.227 e. The van der Waals surface area contributed by atoms with Gasteiger partial charge in [-0.25, -0.2) is 0 Å². The average molecular weight is 297 g/mol. The van der Waals surface area contributed by atoms with Gasteiger partial charge in [0.1, 0.15) is 5.75 Å². The standard InChI is InChI=1S/C19H23NO2/c1-22-15-5-2-4-13(8-15)19(11-17(12-19)6-3-7-17)20-16(21)18-9-14(18)10-18/h2,4-5,8,14H,3,6-7,9-12H2,1H3,(H,20,21). The second kappa shape index (κ2) is 3.87. The maximum absolute atomic E-state index is 12.7. The number of benzene rings is 1. The number of hydrogen-bond acceptors (Lipinski definition) is 2. The van der Waals surface area contributed by atoms with E-state index in [-0.39, 0.29) is 11.0 Å². The molecule has 1 spiro atoms. The number of methoxy groups -OCH3 is 1. The van der Waals surface area contributed by atoms with Gasteiger partial charge in [0.05, 0.1) is 18.1 Å². The van der Waals surface area contributed by atoms with Crippen LogP contribution in [0, 0.1) is 16.7 Å². The van der Waals surface area contributed by atoms with Crippen LogP contribution in [0.5, 0.6) is 5.75 Å². The molecular formula is C19H23NO2. The normalized spacial score (nSPS) is 34.9. The van der Waals surface area contributed by atoms with E-state index in [1.54, 1.807) is 7.11 Å². The molecule has 0 atom stereocenters. The van der Waals surface area contributed by atoms with Crippen LogP contribution in [-0.4, -0.2) is 13.0 Å². The minimum Gasteiger partial charge on any atom is -0.497 e. The maximum atomic E-state index is 12.7. The Bertz CT molecular complexity index is 647. The predicted molar refractivity (Wildman–Crippen MR) is 83.5 cm³/mol. The highest BCUT2D eigenvalue weighted by molar-refractivity contribution is 5.90. The zero-order chi connectivity index (χ0) is 15.0. The molecule has 4 aliphatic rings. The lowest BCUT2D eigenvalue weighted by Gasteiger charge is -2.61. The number of nitrogens with one attached hydrogen (secondary N) is 1. The number of amides is 1. The van der Waals surface area contributed by atoms with Crippen LogP contribution in [0.25, 0.3) is 0 Å². The van der Waals surface area contributed by atoms with Gasteiger partial charge in [-0.05, 0) is 67.6 Å². The number of carbonyl (C=O) groups excluding carboxylic acids is 1. The number of rotatable bonds is 4. The van der Waals surface area contributed by atoms with E-state index >= 15 is 0 Å². The van der Waals surface area contributed by atoms with E-state index in [4.69, 9.17) is 4.74 Å². The number of hydrogen-bond donors (Lipinski definition) is 1. The van der Waals surface area contributed by atoms with Crippen LogP contribution in [0.3, 0.4) is 0 Å². The van der Waals surface area contributed by atoms with Crippen molar-refractivity contribution < 1.29 is 9.53 Å². The second-order valence-corrected chi connectivity index (χ2v) is 8.24. The van der Waals surface area contributed by atoms with Crippen molar-refractivity contribution in [2.45, 2.75) is 50.5 Å². The van der Waals surface area contributed by atoms with Crippen molar-refractivity contribution >= 4 is 5.91 Å². The second-order valence-electron chi connectivity index (χ2n) is 8.24. The van der Waals surface area contributed by atoms with Gasteiger partial charge in [0, 0.05) is 0 Å². The molecule has 1 aromatic rings. The van der Waals surface area contributed by atoms with Crippen molar-refractivity contribution in [3.05, 3.63) is 29.8 Å². The molecule has 0 aliphatic heterocycles. The lowest BCUT2D eigenvalue weighted by molar-refractivity contribution is -0.134. The molecule has 0 unspecified atom stereocenters. The van der Waals surface area contributed by atoms with Gasteiger partial charge in [0.25, 0.3) is 0 Å². The van der Waals surface area contributed by atoms with Crippen LogP contribution in [0.2, 0.25) is 0 Å². The molecule has 22 heavy (non-hydrogen) atoms. The molecule has 3 heteroatoms. The smallest absolute Gasteiger partial charge is 0.227 e. The van der Waals surface area contributed by atoms with Crippen LogP contribution in [0.15, 0.2) is 24.3 Å². The molecule has 0 bridgehead atoms. The SMILES string of the molecule is COc1cccc(C2(NC(=O)C34CC3C4)CC3(CCC3)C2)c1. The van der Waals surface area contributed by atoms with E-state index in [0.717, 1.165) is 31.4 Å². The van der Waals surface area contributed by atoms with Gasteiger partial charge in [-0.15, -0.1) is 0 Å². The molecule has 116 valence electrons. The van der Waals surface area contributed by atoms with Crippen LogP contribution in [0.1, 0.15) is 50.5 Å². The molecular weight excluding hydrogens is 274 g/mol. The molecule has 4 saturated carbocycles. The monoisotopic (exact) mass is 297 g/mol. The lowest BCUT2D eigenvalue weighted by Crippen LogP contribution is -2.62. The quantitative estimate of drug-likeness (QED) is 0.925. The van der Waals surface area contributed by atoms with Crippen molar-refractivity contribution in [2.75, 3.05) is 7.11 Å². The first kappa shape index (κ1) is 13.0. The molecule has 3 nitrogen and oxygen atoms in total. The van der Waals surface area contributed by atoms with E-state index in [1.807, 2.05) is 12.1 Å². The third-order valence-electron chi connectivity index (χ3n) is 6.88. The van der Waals surface area contributed by atoms with Gasteiger partial charge in [-0.3, -0.25) is 4.79 Å². The summed E-state index contributed by atoms with van der Waals surface area (Å²) in [5.74, 6) is 1.90. The highest BCUT2D eigenvalue weighted by atomic mass is 16.5. The Kier molecular flexibility index (Phi) is 2.28. The van der Waals surface area contributed by atoms with Gasteiger partial charge in [0.15, 0.2) is 0 Å². The molecule has 1 N–H and O–H groups in total. The topological polar surface area (TPSA) is 38.3 Å². The van der Waals surface area contributed by atoms with Crippen molar-refractivity contribution in [1.29, 1.82) is 0 Å². The third kappa shape index (κ3) is 1.60. The Morgan fingerprint density at radius 1 is 1.27 bits per heavy atom. The summed E-state index contributed by atoms with van der Waals surface area (Å²) in [5.41, 5.74) is 1.65. The largest absolute Gasteiger partial charge is 0.497 e. The summed E-state index contributed by atoms with van der Waals surface area (Å²) < 4.78 is 5.39. The zero-order valence-electron chi connectivity index (χ0n) is 13.2. The van der Waals surface area contributed by atoms with Crippen molar-refractivity contribution in [1.82, 2.24) is 5.32 Å². The van der Waals surface area contributed by atoms with Gasteiger partial charge in [-0.1, -0.05) is 18.6 Å². The summed E-state index contributed by atoms with van der Waals surface area (Å²) >= 11 is 0. The van der Waals surface area contributed by atoms with Crippen LogP contribution in [0.4, 0.5) is 0 Å². The molecule has 0 saturated heterocycles. The Morgan fingerprint density at radius 3 is 2.55 bits per heavy atom. The summed E-state index contributed by atoms with van der Waals surface area (Å²) in [7, 11) is 1.70. The summed E-state index contributed by atoms with van der Waals surface area (Å²) in [4.78, 5) is 12.7. The molecule has 0 aromatic heterocycles. The first-order chi connectivity index (χ1) is 10.6. The Hall–Kier alpha value is -1.51. The highest BCUT2D eigenvalue weighted by Gasteiger charge is 2.75. The van der Waals surface area contributed by atoms with E-state index in [2.05, 4.69) is 17.4 Å². The minimum atomic E-state index is -0.142. The first-order valence-corrected chi connectivity index (χ1v) is 8.57. The van der Waals surface area contributed by atoms with Gasteiger partial charge < -0.3 is 10.1 Å². The molecule has 0 radical (unpaired) electrons. The lowest BCUT2D eigenvalue weighted by atomic mass is 9.47. The number of ether oxygens (including phenoxy) is 1. The van der Waals surface area contributed by atoms with E-state index < -0.39 is 0 Å². The molecule has 0 heterocycles. The number of fused-ring (bicyclic) bond motifs is 1. The fraction of sp³-hybridized carbons (Fsp3) is 0.632. The van der Waals surface area contributed by atoms with Gasteiger partial charge >= 0.3 is 0 Å². The molecule has 1 amide bonds. The van der Waals surface area contributed by atoms with Crippen LogP contribution >= 0.6 is 0 Å². The Morgan fingerprint density at radius 2 is 2.00 bits per heavy atom. The van der Waals surface area contributed by atoms with Crippen molar-refractivity contribution in [3.63, 3.8) is 0 Å². The Balaban J connectivity index is 1.44. The van der Waals surface area contributed by atoms with Crippen molar-refractivity contribution in [3.8, 4) is 5.75 Å². The minimum absolute atomic E-state index is 0.0498. The molecule has 1 aromatic carbocycles. The summed E-state index contributed by atoms with van der Waals surface area (Å²) in [6.45, 7) is 0. The van der Waals surface area contributed by atoms with E-state index in [0.29, 0.717) is 17.2 Å². The third-order valence-corrected chi connectivity index (χ3v) is 6.88. The number of carbonyl (C=O) groups is 1. The Labute approximate surface area is 131 Å². The fourth-order valence-corrected chi connectivity index (χ4v) is 4.96. The summed E-state index contributed by atoms with van der Waals surface area (Å²) in [5, 5.41) is 3.47. The summed E-state index contributed by atoms with van der Waals surface area (Å²) in [6, 6.07) is 8.29. The summed E-state index contributed by atoms with van der Waals surface area (Å²) in [6.07, 6.45) is 8.49. The highest BCUT2D eigenvalue weighted by Crippen LogP contribution is 2.76. The van der Waals surface area contributed by atoms with Crippen molar-refractivity contribution in [2.24, 2.45) is 16.7 Å². The van der Waals surface area contributed by atoms with Gasteiger partial charge in [-0.2, -0.15) is 0 Å². The molecule has 4 aliphatic carbocycles. The zero-order valence-corrected chi connectivity index (χ0v) is 13.2. The van der Waals surface area contributed by atoms with E-state index in [1.165, 1.54) is 24.8 Å². The fourth-order valence-electron chi connectivity index (χ4n) is 4.96.